The van der Waals surface area contributed by atoms with Gasteiger partial charge in [0.05, 0.1) is 1.37 Å². The average Bonchev–Trinajstić information content (AvgIpc) is 2.26. The number of ether oxygens (including phenoxy) is 2. The lowest BCUT2D eigenvalue weighted by molar-refractivity contribution is 0.115. The number of rotatable bonds is 3. The van der Waals surface area contributed by atoms with E-state index in [0.29, 0.717) is 0 Å². The van der Waals surface area contributed by atoms with Crippen LogP contribution in [-0.4, -0.2) is 18.8 Å². The SMILES string of the molecule is [2H][C@@H]1OC(=O)O[C@H]1CCCC. The zero-order chi connectivity index (χ0) is 8.27. The van der Waals surface area contributed by atoms with E-state index in [1.54, 1.807) is 0 Å². The predicted molar refractivity (Wildman–Crippen MR) is 35.7 cm³/mol. The molecule has 1 aliphatic rings. The molecule has 0 N–H and O–H groups in total. The first kappa shape index (κ1) is 6.01. The molecule has 0 aliphatic carbocycles. The molecule has 58 valence electrons. The van der Waals surface area contributed by atoms with Crippen molar-refractivity contribution in [2.45, 2.75) is 32.3 Å². The molecular weight excluding hydrogens is 132 g/mol. The smallest absolute Gasteiger partial charge is 0.430 e. The summed E-state index contributed by atoms with van der Waals surface area (Å²) in [4.78, 5) is 10.5. The van der Waals surface area contributed by atoms with E-state index in [1.807, 2.05) is 0 Å². The van der Waals surface area contributed by atoms with Gasteiger partial charge in [-0.3, -0.25) is 0 Å². The van der Waals surface area contributed by atoms with Gasteiger partial charge in [-0.2, -0.15) is 0 Å². The Morgan fingerprint density at radius 2 is 2.70 bits per heavy atom. The third kappa shape index (κ3) is 1.90. The highest BCUT2D eigenvalue weighted by Gasteiger charge is 2.23. The van der Waals surface area contributed by atoms with E-state index in [4.69, 9.17) is 6.11 Å². The Morgan fingerprint density at radius 3 is 3.20 bits per heavy atom. The van der Waals surface area contributed by atoms with Gasteiger partial charge in [-0.25, -0.2) is 4.79 Å². The second-order valence-corrected chi connectivity index (χ2v) is 2.30. The Kier molecular flexibility index (Phi) is 2.07. The summed E-state index contributed by atoms with van der Waals surface area (Å²) in [5.41, 5.74) is 0. The van der Waals surface area contributed by atoms with Crippen molar-refractivity contribution in [3.63, 3.8) is 0 Å². The molecular formula is C7H12O3. The largest absolute Gasteiger partial charge is 0.508 e. The van der Waals surface area contributed by atoms with E-state index in [2.05, 4.69) is 11.7 Å². The van der Waals surface area contributed by atoms with Crippen molar-refractivity contribution in [3.05, 3.63) is 0 Å². The number of carbonyl (C=O) groups is 1. The van der Waals surface area contributed by atoms with Crippen LogP contribution in [0.1, 0.15) is 27.6 Å². The van der Waals surface area contributed by atoms with Gasteiger partial charge in [-0.05, 0) is 12.8 Å². The van der Waals surface area contributed by atoms with Gasteiger partial charge in [0.15, 0.2) is 0 Å². The lowest BCUT2D eigenvalue weighted by Crippen LogP contribution is -2.08. The lowest BCUT2D eigenvalue weighted by atomic mass is 10.2. The summed E-state index contributed by atoms with van der Waals surface area (Å²) in [7, 11) is 0. The molecule has 0 bridgehead atoms. The Balaban J connectivity index is 2.28. The fourth-order valence-corrected chi connectivity index (χ4v) is 0.843. The van der Waals surface area contributed by atoms with Crippen LogP contribution in [0.2, 0.25) is 0 Å². The number of unbranched alkanes of at least 4 members (excludes halogenated alkanes) is 1. The molecule has 0 aromatic heterocycles. The molecule has 1 rings (SSSR count). The fraction of sp³-hybridized carbons (Fsp3) is 0.857. The van der Waals surface area contributed by atoms with Crippen LogP contribution in [0.15, 0.2) is 0 Å². The molecule has 0 radical (unpaired) electrons. The second kappa shape index (κ2) is 3.44. The Morgan fingerprint density at radius 1 is 1.90 bits per heavy atom. The van der Waals surface area contributed by atoms with Gasteiger partial charge in [0, 0.05) is 0 Å². The van der Waals surface area contributed by atoms with E-state index in [1.165, 1.54) is 0 Å². The average molecular weight is 145 g/mol. The number of carbonyl (C=O) groups excluding carboxylic acids is 1. The van der Waals surface area contributed by atoms with Crippen molar-refractivity contribution < 1.29 is 15.6 Å². The van der Waals surface area contributed by atoms with Gasteiger partial charge in [0.25, 0.3) is 0 Å². The molecule has 0 saturated carbocycles. The van der Waals surface area contributed by atoms with E-state index >= 15 is 0 Å². The number of cyclic esters (lactones) is 2. The minimum atomic E-state index is -0.811. The maximum atomic E-state index is 10.5. The maximum absolute atomic E-state index is 10.5. The molecule has 0 amide bonds. The van der Waals surface area contributed by atoms with Gasteiger partial charge in [-0.15, -0.1) is 0 Å². The van der Waals surface area contributed by atoms with Crippen molar-refractivity contribution >= 4 is 6.16 Å². The molecule has 1 fully saturated rings. The zero-order valence-electron chi connectivity index (χ0n) is 7.00. The fourth-order valence-electron chi connectivity index (χ4n) is 0.843. The van der Waals surface area contributed by atoms with Crippen LogP contribution >= 0.6 is 0 Å². The van der Waals surface area contributed by atoms with E-state index in [-0.39, 0.29) is 6.10 Å². The molecule has 1 aliphatic heterocycles. The summed E-state index contributed by atoms with van der Waals surface area (Å²) in [6.45, 7) is 1.24. The summed E-state index contributed by atoms with van der Waals surface area (Å²) in [6.07, 6.45) is 1.70. The zero-order valence-corrected chi connectivity index (χ0v) is 6.00. The molecule has 1 heterocycles. The van der Waals surface area contributed by atoms with Crippen LogP contribution in [0, 0.1) is 0 Å². The quantitative estimate of drug-likeness (QED) is 0.567. The molecule has 3 nitrogen and oxygen atoms in total. The topological polar surface area (TPSA) is 35.5 Å². The Hall–Kier alpha value is -0.730. The molecule has 0 spiro atoms. The molecule has 0 aromatic rings. The first-order valence-electron chi connectivity index (χ1n) is 4.11. The Labute approximate surface area is 61.7 Å². The van der Waals surface area contributed by atoms with Gasteiger partial charge in [-0.1, -0.05) is 13.3 Å². The van der Waals surface area contributed by atoms with Crippen LogP contribution < -0.4 is 0 Å². The van der Waals surface area contributed by atoms with E-state index in [9.17, 15) is 4.79 Å². The maximum Gasteiger partial charge on any atom is 0.508 e. The highest BCUT2D eigenvalue weighted by molar-refractivity contribution is 5.61. The standard InChI is InChI=1S/C7H12O3/c1-2-3-4-6-5-9-7(8)10-6/h6H,2-5H2,1H3/t6-/m0/s1/i5D/t5-,6-. The normalized spacial score (nSPS) is 32.9. The highest BCUT2D eigenvalue weighted by atomic mass is 16.8. The van der Waals surface area contributed by atoms with Crippen molar-refractivity contribution in [2.75, 3.05) is 6.58 Å². The van der Waals surface area contributed by atoms with Crippen LogP contribution in [0.3, 0.4) is 0 Å². The predicted octanol–water partition coefficient (Wildman–Crippen LogP) is 1.71. The monoisotopic (exact) mass is 145 g/mol. The summed E-state index contributed by atoms with van der Waals surface area (Å²) in [6, 6.07) is 0. The van der Waals surface area contributed by atoms with E-state index in [0.717, 1.165) is 19.3 Å². The van der Waals surface area contributed by atoms with Crippen molar-refractivity contribution in [1.82, 2.24) is 0 Å². The van der Waals surface area contributed by atoms with Gasteiger partial charge < -0.3 is 9.47 Å². The summed E-state index contributed by atoms with van der Waals surface area (Å²) in [5.74, 6) is 0. The summed E-state index contributed by atoms with van der Waals surface area (Å²) in [5, 5.41) is 0. The van der Waals surface area contributed by atoms with Crippen molar-refractivity contribution in [1.29, 1.82) is 0 Å². The van der Waals surface area contributed by atoms with Crippen LogP contribution in [0.25, 0.3) is 0 Å². The highest BCUT2D eigenvalue weighted by Crippen LogP contribution is 2.12. The van der Waals surface area contributed by atoms with Gasteiger partial charge in [0.1, 0.15) is 12.7 Å². The minimum Gasteiger partial charge on any atom is -0.430 e. The molecule has 1 saturated heterocycles. The third-order valence-electron chi connectivity index (χ3n) is 1.41. The minimum absolute atomic E-state index is 0.345. The summed E-state index contributed by atoms with van der Waals surface area (Å²) >= 11 is 0. The first-order chi connectivity index (χ1) is 5.24. The third-order valence-corrected chi connectivity index (χ3v) is 1.41. The number of hydrogen-bond acceptors (Lipinski definition) is 3. The molecule has 0 unspecified atom stereocenters. The molecule has 10 heavy (non-hydrogen) atoms. The van der Waals surface area contributed by atoms with Crippen molar-refractivity contribution in [3.8, 4) is 0 Å². The number of hydrogen-bond donors (Lipinski definition) is 0. The van der Waals surface area contributed by atoms with Crippen LogP contribution in [-0.2, 0) is 9.47 Å². The molecule has 2 atom stereocenters. The molecule has 0 aromatic carbocycles. The second-order valence-electron chi connectivity index (χ2n) is 2.30. The lowest BCUT2D eigenvalue weighted by Gasteiger charge is -2.02. The summed E-state index contributed by atoms with van der Waals surface area (Å²) < 4.78 is 16.4. The Bertz CT molecular complexity index is 149. The van der Waals surface area contributed by atoms with Crippen molar-refractivity contribution in [2.24, 2.45) is 0 Å². The first-order valence-corrected chi connectivity index (χ1v) is 3.53. The molecule has 3 heteroatoms. The van der Waals surface area contributed by atoms with Crippen LogP contribution in [0.4, 0.5) is 4.79 Å². The van der Waals surface area contributed by atoms with Gasteiger partial charge >= 0.3 is 6.16 Å². The van der Waals surface area contributed by atoms with E-state index < -0.39 is 12.7 Å². The van der Waals surface area contributed by atoms with Crippen LogP contribution in [0.5, 0.6) is 0 Å². The van der Waals surface area contributed by atoms with Gasteiger partial charge in [0.2, 0.25) is 0 Å².